The van der Waals surface area contributed by atoms with Gasteiger partial charge in [-0.25, -0.2) is 23.9 Å². The monoisotopic (exact) mass is 423 g/mol. The number of carbonyl (C=O) groups excluding carboxylic acids is 1. The van der Waals surface area contributed by atoms with Crippen molar-refractivity contribution in [3.8, 4) is 0 Å². The number of carbonyl (C=O) groups is 1. The van der Waals surface area contributed by atoms with Gasteiger partial charge >= 0.3 is 16.1 Å². The molecule has 2 amide bonds. The van der Waals surface area contributed by atoms with Crippen molar-refractivity contribution in [2.24, 2.45) is 0 Å². The Morgan fingerprint density at radius 1 is 1.03 bits per heavy atom. The Balaban J connectivity index is 2.30. The van der Waals surface area contributed by atoms with E-state index in [0.29, 0.717) is 22.5 Å². The second kappa shape index (κ2) is 8.73. The average molecular weight is 424 g/mol. The standard InChI is InChI=1S/C19H26FN5O3S/c1-11(2)15-7-13(20)8-16(12(3)4)17(15)23-18(26)24-29(27,28)19-21-9-14(10-22-19)25(5)6/h7-12H,1-6H3,(H2,23,24,26). The summed E-state index contributed by atoms with van der Waals surface area (Å²) in [4.78, 5) is 21.8. The molecule has 158 valence electrons. The van der Waals surface area contributed by atoms with Crippen molar-refractivity contribution in [1.29, 1.82) is 0 Å². The Morgan fingerprint density at radius 3 is 1.93 bits per heavy atom. The first-order chi connectivity index (χ1) is 13.4. The predicted octanol–water partition coefficient (Wildman–Crippen LogP) is 3.44. The summed E-state index contributed by atoms with van der Waals surface area (Å²) in [6, 6.07) is 1.70. The molecule has 1 heterocycles. The van der Waals surface area contributed by atoms with E-state index in [0.717, 1.165) is 0 Å². The van der Waals surface area contributed by atoms with E-state index >= 15 is 0 Å². The number of amides is 2. The van der Waals surface area contributed by atoms with Crippen LogP contribution >= 0.6 is 0 Å². The number of halogens is 1. The van der Waals surface area contributed by atoms with Gasteiger partial charge in [-0.2, -0.15) is 8.42 Å². The number of nitrogens with zero attached hydrogens (tertiary/aromatic N) is 3. The molecule has 0 radical (unpaired) electrons. The zero-order chi connectivity index (χ0) is 21.9. The fourth-order valence-electron chi connectivity index (χ4n) is 2.69. The van der Waals surface area contributed by atoms with Crippen LogP contribution in [0.4, 0.5) is 20.6 Å². The van der Waals surface area contributed by atoms with Crippen LogP contribution in [0.25, 0.3) is 0 Å². The molecule has 1 aromatic carbocycles. The highest BCUT2D eigenvalue weighted by atomic mass is 32.2. The fourth-order valence-corrected chi connectivity index (χ4v) is 3.46. The SMILES string of the molecule is CC(C)c1cc(F)cc(C(C)C)c1NC(=O)NS(=O)(=O)c1ncc(N(C)C)cn1. The molecule has 0 saturated carbocycles. The molecule has 2 N–H and O–H groups in total. The average Bonchev–Trinajstić information content (AvgIpc) is 2.62. The lowest BCUT2D eigenvalue weighted by Crippen LogP contribution is -2.36. The van der Waals surface area contributed by atoms with E-state index in [1.165, 1.54) is 24.5 Å². The highest BCUT2D eigenvalue weighted by molar-refractivity contribution is 7.89. The zero-order valence-electron chi connectivity index (χ0n) is 17.3. The summed E-state index contributed by atoms with van der Waals surface area (Å²) in [5.74, 6) is -0.584. The van der Waals surface area contributed by atoms with E-state index in [4.69, 9.17) is 0 Å². The van der Waals surface area contributed by atoms with Crippen molar-refractivity contribution in [2.75, 3.05) is 24.3 Å². The summed E-state index contributed by atoms with van der Waals surface area (Å²) in [5.41, 5.74) is 2.16. The number of nitrogens with one attached hydrogen (secondary N) is 2. The second-order valence-corrected chi connectivity index (χ2v) is 9.02. The lowest BCUT2D eigenvalue weighted by molar-refractivity contribution is 0.256. The van der Waals surface area contributed by atoms with Crippen LogP contribution in [-0.2, 0) is 10.0 Å². The van der Waals surface area contributed by atoms with Gasteiger partial charge in [0.05, 0.1) is 18.1 Å². The van der Waals surface area contributed by atoms with Crippen molar-refractivity contribution in [2.45, 2.75) is 44.7 Å². The van der Waals surface area contributed by atoms with Gasteiger partial charge in [0.1, 0.15) is 5.82 Å². The van der Waals surface area contributed by atoms with Gasteiger partial charge < -0.3 is 10.2 Å². The molecule has 0 unspecified atom stereocenters. The van der Waals surface area contributed by atoms with Crippen molar-refractivity contribution in [3.63, 3.8) is 0 Å². The molecule has 2 aromatic rings. The number of hydrogen-bond donors (Lipinski definition) is 2. The van der Waals surface area contributed by atoms with Gasteiger partial charge in [0.15, 0.2) is 0 Å². The normalized spacial score (nSPS) is 11.6. The molecule has 2 rings (SSSR count). The minimum Gasteiger partial charge on any atom is -0.375 e. The first-order valence-corrected chi connectivity index (χ1v) is 10.6. The van der Waals surface area contributed by atoms with Gasteiger partial charge in [0.25, 0.3) is 5.16 Å². The van der Waals surface area contributed by atoms with E-state index in [-0.39, 0.29) is 11.8 Å². The number of benzene rings is 1. The molecular formula is C19H26FN5O3S. The number of aromatic nitrogens is 2. The summed E-state index contributed by atoms with van der Waals surface area (Å²) in [5, 5.41) is 2.04. The maximum Gasteiger partial charge on any atom is 0.333 e. The Labute approximate surface area is 170 Å². The number of sulfonamides is 1. The van der Waals surface area contributed by atoms with Crippen LogP contribution in [0.3, 0.4) is 0 Å². The van der Waals surface area contributed by atoms with E-state index in [1.54, 1.807) is 19.0 Å². The molecule has 10 heteroatoms. The van der Waals surface area contributed by atoms with E-state index in [1.807, 2.05) is 32.4 Å². The number of anilines is 2. The summed E-state index contributed by atoms with van der Waals surface area (Å²) < 4.78 is 40.8. The molecule has 0 aliphatic rings. The largest absolute Gasteiger partial charge is 0.375 e. The van der Waals surface area contributed by atoms with E-state index < -0.39 is 27.0 Å². The number of urea groups is 1. The van der Waals surface area contributed by atoms with Crippen LogP contribution in [0.2, 0.25) is 0 Å². The fraction of sp³-hybridized carbons (Fsp3) is 0.421. The van der Waals surface area contributed by atoms with Crippen LogP contribution in [-0.4, -0.2) is 38.5 Å². The maximum absolute atomic E-state index is 14.0. The quantitative estimate of drug-likeness (QED) is 0.690. The zero-order valence-corrected chi connectivity index (χ0v) is 18.1. The smallest absolute Gasteiger partial charge is 0.333 e. The third-order valence-corrected chi connectivity index (χ3v) is 5.39. The van der Waals surface area contributed by atoms with Crippen LogP contribution in [0.15, 0.2) is 29.7 Å². The van der Waals surface area contributed by atoms with Crippen molar-refractivity contribution in [3.05, 3.63) is 41.5 Å². The third kappa shape index (κ3) is 5.41. The Kier molecular flexibility index (Phi) is 6.78. The van der Waals surface area contributed by atoms with Crippen molar-refractivity contribution < 1.29 is 17.6 Å². The summed E-state index contributed by atoms with van der Waals surface area (Å²) in [7, 11) is -0.746. The highest BCUT2D eigenvalue weighted by Crippen LogP contribution is 2.33. The third-order valence-electron chi connectivity index (χ3n) is 4.25. The molecule has 0 aliphatic heterocycles. The number of hydrogen-bond acceptors (Lipinski definition) is 6. The Bertz CT molecular complexity index is 960. The van der Waals surface area contributed by atoms with Gasteiger partial charge in [-0.15, -0.1) is 0 Å². The topological polar surface area (TPSA) is 104 Å². The molecule has 1 aromatic heterocycles. The molecule has 0 fully saturated rings. The van der Waals surface area contributed by atoms with Crippen LogP contribution in [0.1, 0.15) is 50.7 Å². The molecule has 0 atom stereocenters. The number of rotatable bonds is 6. The predicted molar refractivity (Wildman–Crippen MR) is 110 cm³/mol. The van der Waals surface area contributed by atoms with Crippen molar-refractivity contribution in [1.82, 2.24) is 14.7 Å². The maximum atomic E-state index is 14.0. The highest BCUT2D eigenvalue weighted by Gasteiger charge is 2.23. The minimum absolute atomic E-state index is 0.0861. The van der Waals surface area contributed by atoms with Crippen LogP contribution in [0.5, 0.6) is 0 Å². The van der Waals surface area contributed by atoms with Gasteiger partial charge in [-0.1, -0.05) is 27.7 Å². The van der Waals surface area contributed by atoms with E-state index in [2.05, 4.69) is 15.3 Å². The lowest BCUT2D eigenvalue weighted by atomic mass is 9.92. The molecular weight excluding hydrogens is 397 g/mol. The molecule has 0 spiro atoms. The Hall–Kier alpha value is -2.75. The van der Waals surface area contributed by atoms with Gasteiger partial charge in [0, 0.05) is 19.8 Å². The van der Waals surface area contributed by atoms with Gasteiger partial charge in [0.2, 0.25) is 0 Å². The molecule has 0 aliphatic carbocycles. The van der Waals surface area contributed by atoms with Crippen LogP contribution in [0, 0.1) is 5.82 Å². The minimum atomic E-state index is -4.27. The second-order valence-electron chi connectivity index (χ2n) is 7.45. The summed E-state index contributed by atoms with van der Waals surface area (Å²) in [6.45, 7) is 7.44. The van der Waals surface area contributed by atoms with Gasteiger partial charge in [-0.3, -0.25) is 0 Å². The molecule has 8 nitrogen and oxygen atoms in total. The van der Waals surface area contributed by atoms with Crippen LogP contribution < -0.4 is 14.9 Å². The first kappa shape index (κ1) is 22.5. The Morgan fingerprint density at radius 2 is 1.52 bits per heavy atom. The van der Waals surface area contributed by atoms with Gasteiger partial charge in [-0.05, 0) is 35.1 Å². The molecule has 0 bridgehead atoms. The summed E-state index contributed by atoms with van der Waals surface area (Å²) in [6.07, 6.45) is 2.68. The lowest BCUT2D eigenvalue weighted by Gasteiger charge is -2.20. The van der Waals surface area contributed by atoms with E-state index in [9.17, 15) is 17.6 Å². The van der Waals surface area contributed by atoms with Crippen molar-refractivity contribution >= 4 is 27.4 Å². The first-order valence-electron chi connectivity index (χ1n) is 9.09. The summed E-state index contributed by atoms with van der Waals surface area (Å²) >= 11 is 0. The molecule has 29 heavy (non-hydrogen) atoms. The molecule has 0 saturated heterocycles.